The summed E-state index contributed by atoms with van der Waals surface area (Å²) in [4.78, 5) is 0. The number of hydrogen-bond donors (Lipinski definition) is 2. The second-order valence-corrected chi connectivity index (χ2v) is 5.42. The highest BCUT2D eigenvalue weighted by Gasteiger charge is 2.16. The highest BCUT2D eigenvalue weighted by Crippen LogP contribution is 2.28. The van der Waals surface area contributed by atoms with Gasteiger partial charge in [0.2, 0.25) is 0 Å². The predicted octanol–water partition coefficient (Wildman–Crippen LogP) is 2.04. The van der Waals surface area contributed by atoms with Crippen molar-refractivity contribution < 1.29 is 13.0 Å². The van der Waals surface area contributed by atoms with Gasteiger partial charge in [0.25, 0.3) is 10.1 Å². The summed E-state index contributed by atoms with van der Waals surface area (Å²) in [5.41, 5.74) is 4.39. The fourth-order valence-corrected chi connectivity index (χ4v) is 2.58. The maximum atomic E-state index is 10.9. The third-order valence-electron chi connectivity index (χ3n) is 2.75. The maximum absolute atomic E-state index is 10.9. The van der Waals surface area contributed by atoms with Crippen LogP contribution in [0.1, 0.15) is 22.3 Å². The van der Waals surface area contributed by atoms with Crippen LogP contribution in [0.25, 0.3) is 0 Å². The molecule has 0 aliphatic rings. The van der Waals surface area contributed by atoms with E-state index in [2.05, 4.69) is 5.32 Å². The Morgan fingerprint density at radius 1 is 1.25 bits per heavy atom. The number of hydrogen-bond acceptors (Lipinski definition) is 3. The Kier molecular flexibility index (Phi) is 3.60. The average molecular weight is 243 g/mol. The van der Waals surface area contributed by atoms with Crippen LogP contribution in [-0.2, 0) is 15.9 Å². The van der Waals surface area contributed by atoms with Gasteiger partial charge in [-0.25, -0.2) is 0 Å². The summed E-state index contributed by atoms with van der Waals surface area (Å²) in [6.07, 6.45) is 0. The molecule has 0 bridgehead atoms. The van der Waals surface area contributed by atoms with E-state index in [1.54, 1.807) is 7.05 Å². The molecule has 4 nitrogen and oxygen atoms in total. The van der Waals surface area contributed by atoms with E-state index in [-0.39, 0.29) is 5.75 Å². The number of rotatable bonds is 3. The maximum Gasteiger partial charge on any atom is 0.269 e. The zero-order valence-corrected chi connectivity index (χ0v) is 10.8. The number of benzene rings is 1. The fraction of sp³-hybridized carbons (Fsp3) is 0.455. The van der Waals surface area contributed by atoms with E-state index in [0.717, 1.165) is 22.4 Å². The molecule has 0 amide bonds. The van der Waals surface area contributed by atoms with Crippen LogP contribution in [0.4, 0.5) is 5.69 Å². The Balaban J connectivity index is 3.43. The normalized spacial score (nSPS) is 11.6. The first-order valence-corrected chi connectivity index (χ1v) is 6.59. The summed E-state index contributed by atoms with van der Waals surface area (Å²) >= 11 is 0. The van der Waals surface area contributed by atoms with Crippen molar-refractivity contribution in [1.82, 2.24) is 0 Å². The molecular formula is C11H17NO3S. The smallest absolute Gasteiger partial charge is 0.269 e. The Labute approximate surface area is 96.4 Å². The van der Waals surface area contributed by atoms with Gasteiger partial charge in [-0.1, -0.05) is 6.07 Å². The van der Waals surface area contributed by atoms with Gasteiger partial charge < -0.3 is 5.32 Å². The molecule has 0 saturated heterocycles. The molecular weight excluding hydrogens is 226 g/mol. The van der Waals surface area contributed by atoms with E-state index in [1.807, 2.05) is 26.8 Å². The highest BCUT2D eigenvalue weighted by molar-refractivity contribution is 7.85. The molecule has 0 aliphatic heterocycles. The van der Waals surface area contributed by atoms with Gasteiger partial charge in [-0.3, -0.25) is 4.55 Å². The number of aryl methyl sites for hydroxylation is 2. The summed E-state index contributed by atoms with van der Waals surface area (Å²) in [6, 6.07) is 1.93. The van der Waals surface area contributed by atoms with Gasteiger partial charge in [-0.15, -0.1) is 0 Å². The summed E-state index contributed by atoms with van der Waals surface area (Å²) in [7, 11) is -2.26. The van der Waals surface area contributed by atoms with Crippen molar-refractivity contribution >= 4 is 15.8 Å². The SMILES string of the molecule is CNc1c(C)c(C)cc(C)c1CS(=O)(=O)O. The van der Waals surface area contributed by atoms with Crippen LogP contribution in [0.15, 0.2) is 6.07 Å². The molecule has 0 radical (unpaired) electrons. The van der Waals surface area contributed by atoms with Crippen molar-refractivity contribution in [2.75, 3.05) is 12.4 Å². The lowest BCUT2D eigenvalue weighted by molar-refractivity contribution is 0.482. The van der Waals surface area contributed by atoms with Crippen LogP contribution >= 0.6 is 0 Å². The van der Waals surface area contributed by atoms with Gasteiger partial charge in [0.05, 0.1) is 0 Å². The molecule has 0 saturated carbocycles. The number of anilines is 1. The number of nitrogens with one attached hydrogen (secondary N) is 1. The van der Waals surface area contributed by atoms with Crippen LogP contribution in [0.5, 0.6) is 0 Å². The van der Waals surface area contributed by atoms with Crippen molar-refractivity contribution in [3.05, 3.63) is 28.3 Å². The van der Waals surface area contributed by atoms with Gasteiger partial charge in [0.1, 0.15) is 5.75 Å². The van der Waals surface area contributed by atoms with Gasteiger partial charge in [0.15, 0.2) is 0 Å². The molecule has 0 unspecified atom stereocenters. The topological polar surface area (TPSA) is 66.4 Å². The van der Waals surface area contributed by atoms with Crippen molar-refractivity contribution in [3.8, 4) is 0 Å². The second kappa shape index (κ2) is 4.43. The first-order chi connectivity index (χ1) is 7.26. The quantitative estimate of drug-likeness (QED) is 0.797. The highest BCUT2D eigenvalue weighted by atomic mass is 32.2. The van der Waals surface area contributed by atoms with Crippen LogP contribution in [-0.4, -0.2) is 20.0 Å². The van der Waals surface area contributed by atoms with Crippen LogP contribution in [0.3, 0.4) is 0 Å². The van der Waals surface area contributed by atoms with Gasteiger partial charge in [0, 0.05) is 12.7 Å². The Morgan fingerprint density at radius 2 is 1.81 bits per heavy atom. The largest absolute Gasteiger partial charge is 0.388 e. The van der Waals surface area contributed by atoms with E-state index in [4.69, 9.17) is 4.55 Å². The molecule has 1 aromatic rings. The minimum Gasteiger partial charge on any atom is -0.388 e. The molecule has 0 aliphatic carbocycles. The average Bonchev–Trinajstić information content (AvgIpc) is 2.13. The van der Waals surface area contributed by atoms with Crippen molar-refractivity contribution in [2.24, 2.45) is 0 Å². The lowest BCUT2D eigenvalue weighted by Crippen LogP contribution is -2.08. The lowest BCUT2D eigenvalue weighted by Gasteiger charge is -2.16. The Bertz CT molecular complexity index is 506. The summed E-state index contributed by atoms with van der Waals surface area (Å²) in [5.74, 6) is -0.351. The standard InChI is InChI=1S/C11H17NO3S/c1-7-5-8(2)10(6-16(13,14)15)11(12-4)9(7)3/h5,12H,6H2,1-4H3,(H,13,14,15). The summed E-state index contributed by atoms with van der Waals surface area (Å²) in [6.45, 7) is 5.74. The minimum atomic E-state index is -4.00. The van der Waals surface area contributed by atoms with Gasteiger partial charge >= 0.3 is 0 Å². The van der Waals surface area contributed by atoms with Crippen LogP contribution < -0.4 is 5.32 Å². The van der Waals surface area contributed by atoms with Crippen molar-refractivity contribution in [2.45, 2.75) is 26.5 Å². The molecule has 16 heavy (non-hydrogen) atoms. The molecule has 2 N–H and O–H groups in total. The third-order valence-corrected chi connectivity index (χ3v) is 3.41. The Morgan fingerprint density at radius 3 is 2.25 bits per heavy atom. The molecule has 1 rings (SSSR count). The first kappa shape index (κ1) is 13.0. The first-order valence-electron chi connectivity index (χ1n) is 4.99. The minimum absolute atomic E-state index is 0.351. The third kappa shape index (κ3) is 2.74. The van der Waals surface area contributed by atoms with E-state index >= 15 is 0 Å². The van der Waals surface area contributed by atoms with Crippen molar-refractivity contribution in [3.63, 3.8) is 0 Å². The van der Waals surface area contributed by atoms with E-state index in [1.165, 1.54) is 0 Å². The molecule has 0 heterocycles. The van der Waals surface area contributed by atoms with Gasteiger partial charge in [-0.05, 0) is 43.0 Å². The monoisotopic (exact) mass is 243 g/mol. The summed E-state index contributed by atoms with van der Waals surface area (Å²) < 4.78 is 30.8. The van der Waals surface area contributed by atoms with E-state index < -0.39 is 10.1 Å². The fourth-order valence-electron chi connectivity index (χ4n) is 1.85. The molecule has 0 aromatic heterocycles. The van der Waals surface area contributed by atoms with Crippen LogP contribution in [0.2, 0.25) is 0 Å². The molecule has 5 heteroatoms. The Hall–Kier alpha value is -1.07. The molecule has 1 aromatic carbocycles. The van der Waals surface area contributed by atoms with Crippen molar-refractivity contribution in [1.29, 1.82) is 0 Å². The molecule has 0 spiro atoms. The zero-order chi connectivity index (χ0) is 12.5. The van der Waals surface area contributed by atoms with Gasteiger partial charge in [-0.2, -0.15) is 8.42 Å². The zero-order valence-electron chi connectivity index (χ0n) is 9.96. The molecule has 0 atom stereocenters. The molecule has 0 fully saturated rings. The second-order valence-electron chi connectivity index (χ2n) is 3.97. The lowest BCUT2D eigenvalue weighted by atomic mass is 9.99. The van der Waals surface area contributed by atoms with E-state index in [0.29, 0.717) is 5.56 Å². The van der Waals surface area contributed by atoms with E-state index in [9.17, 15) is 8.42 Å². The summed E-state index contributed by atoms with van der Waals surface area (Å²) in [5, 5.41) is 2.99. The molecule has 90 valence electrons. The van der Waals surface area contributed by atoms with Crippen LogP contribution in [0, 0.1) is 20.8 Å². The predicted molar refractivity (Wildman–Crippen MR) is 65.5 cm³/mol.